The first-order valence-electron chi connectivity index (χ1n) is 8.91. The van der Waals surface area contributed by atoms with Gasteiger partial charge in [0.15, 0.2) is 0 Å². The van der Waals surface area contributed by atoms with E-state index in [0.717, 1.165) is 17.7 Å². The molecule has 0 fully saturated rings. The van der Waals surface area contributed by atoms with Crippen LogP contribution in [0.4, 0.5) is 0 Å². The van der Waals surface area contributed by atoms with Gasteiger partial charge in [-0.2, -0.15) is 0 Å². The molecule has 2 atom stereocenters. The monoisotopic (exact) mass is 388 g/mol. The molecular weight excluding hydrogens is 364 g/mol. The topological polar surface area (TPSA) is 67.4 Å². The van der Waals surface area contributed by atoms with Gasteiger partial charge in [-0.1, -0.05) is 44.0 Å². The molecule has 27 heavy (non-hydrogen) atoms. The second kappa shape index (κ2) is 9.97. The normalized spacial score (nSPS) is 12.7. The van der Waals surface area contributed by atoms with Crippen molar-refractivity contribution in [2.75, 3.05) is 7.11 Å². The van der Waals surface area contributed by atoms with Crippen molar-refractivity contribution >= 4 is 23.4 Å². The van der Waals surface area contributed by atoms with Crippen LogP contribution < -0.4 is 15.4 Å². The first kappa shape index (κ1) is 20.8. The molecule has 0 aliphatic carbocycles. The molecule has 0 spiro atoms. The maximum absolute atomic E-state index is 12.7. The van der Waals surface area contributed by atoms with E-state index < -0.39 is 6.04 Å². The molecule has 5 nitrogen and oxygen atoms in total. The van der Waals surface area contributed by atoms with E-state index in [1.54, 1.807) is 31.4 Å². The van der Waals surface area contributed by atoms with Crippen LogP contribution in [-0.4, -0.2) is 25.0 Å². The molecule has 0 aliphatic heterocycles. The predicted molar refractivity (Wildman–Crippen MR) is 107 cm³/mol. The third-order valence-electron chi connectivity index (χ3n) is 4.49. The molecule has 0 bridgehead atoms. The van der Waals surface area contributed by atoms with E-state index in [-0.39, 0.29) is 17.7 Å². The zero-order chi connectivity index (χ0) is 19.8. The maximum Gasteiger partial charge on any atom is 0.251 e. The van der Waals surface area contributed by atoms with Gasteiger partial charge in [-0.3, -0.25) is 9.59 Å². The van der Waals surface area contributed by atoms with Crippen LogP contribution in [-0.2, 0) is 11.3 Å². The van der Waals surface area contributed by atoms with Gasteiger partial charge in [0.25, 0.3) is 5.91 Å². The van der Waals surface area contributed by atoms with Gasteiger partial charge in [0, 0.05) is 17.1 Å². The van der Waals surface area contributed by atoms with Gasteiger partial charge in [0.2, 0.25) is 5.91 Å². The van der Waals surface area contributed by atoms with Gasteiger partial charge < -0.3 is 15.4 Å². The number of amides is 2. The second-order valence-corrected chi connectivity index (χ2v) is 6.85. The van der Waals surface area contributed by atoms with E-state index >= 15 is 0 Å². The van der Waals surface area contributed by atoms with Gasteiger partial charge in [-0.25, -0.2) is 0 Å². The fraction of sp³-hybridized carbons (Fsp3) is 0.333. The Hall–Kier alpha value is -2.53. The quantitative estimate of drug-likeness (QED) is 0.722. The van der Waals surface area contributed by atoms with Crippen molar-refractivity contribution in [3.8, 4) is 5.75 Å². The largest absolute Gasteiger partial charge is 0.497 e. The number of hydrogen-bond acceptors (Lipinski definition) is 3. The van der Waals surface area contributed by atoms with E-state index in [1.807, 2.05) is 38.1 Å². The molecule has 2 amide bonds. The van der Waals surface area contributed by atoms with E-state index in [4.69, 9.17) is 16.3 Å². The van der Waals surface area contributed by atoms with Crippen molar-refractivity contribution in [3.05, 3.63) is 64.7 Å². The lowest BCUT2D eigenvalue weighted by Crippen LogP contribution is -2.50. The van der Waals surface area contributed by atoms with Gasteiger partial charge in [0.05, 0.1) is 7.11 Å². The van der Waals surface area contributed by atoms with Crippen molar-refractivity contribution in [1.82, 2.24) is 10.6 Å². The van der Waals surface area contributed by atoms with Crippen molar-refractivity contribution in [1.29, 1.82) is 0 Å². The lowest BCUT2D eigenvalue weighted by Gasteiger charge is -2.23. The molecule has 2 rings (SSSR count). The molecular formula is C21H25ClN2O3. The minimum Gasteiger partial charge on any atom is -0.497 e. The number of carbonyl (C=O) groups excluding carboxylic acids is 2. The maximum atomic E-state index is 12.7. The van der Waals surface area contributed by atoms with Crippen molar-refractivity contribution in [2.45, 2.75) is 32.9 Å². The molecule has 2 aromatic rings. The van der Waals surface area contributed by atoms with Gasteiger partial charge >= 0.3 is 0 Å². The minimum absolute atomic E-state index is 0.00782. The third-order valence-corrected chi connectivity index (χ3v) is 4.74. The summed E-state index contributed by atoms with van der Waals surface area (Å²) in [4.78, 5) is 25.2. The lowest BCUT2D eigenvalue weighted by molar-refractivity contribution is -0.124. The molecule has 144 valence electrons. The van der Waals surface area contributed by atoms with Gasteiger partial charge in [-0.15, -0.1) is 0 Å². The Labute approximate surface area is 165 Å². The average Bonchev–Trinajstić information content (AvgIpc) is 2.70. The molecule has 2 N–H and O–H groups in total. The Balaban J connectivity index is 2.04. The summed E-state index contributed by atoms with van der Waals surface area (Å²) in [7, 11) is 1.60. The number of benzene rings is 2. The van der Waals surface area contributed by atoms with Crippen LogP contribution in [0.5, 0.6) is 5.75 Å². The number of halogens is 1. The van der Waals surface area contributed by atoms with Crippen LogP contribution in [0, 0.1) is 5.92 Å². The number of methoxy groups -OCH3 is 1. The lowest BCUT2D eigenvalue weighted by atomic mass is 9.97. The highest BCUT2D eigenvalue weighted by Crippen LogP contribution is 2.14. The standard InChI is InChI=1S/C21H25ClN2O3/c1-4-14(2)19(24-20(25)16-8-10-17(22)11-9-16)21(26)23-13-15-6-5-7-18(12-15)27-3/h5-12,14,19H,4,13H2,1-3H3,(H,23,26)(H,24,25)/t14-,19-/m0/s1. The number of ether oxygens (including phenoxy) is 1. The third kappa shape index (κ3) is 6.00. The number of carbonyl (C=O) groups is 2. The SMILES string of the molecule is CC[C@H](C)[C@H](NC(=O)c1ccc(Cl)cc1)C(=O)NCc1cccc(OC)c1. The number of rotatable bonds is 8. The van der Waals surface area contributed by atoms with Crippen LogP contribution in [0.2, 0.25) is 5.02 Å². The van der Waals surface area contributed by atoms with Crippen LogP contribution in [0.1, 0.15) is 36.2 Å². The van der Waals surface area contributed by atoms with E-state index in [2.05, 4.69) is 10.6 Å². The second-order valence-electron chi connectivity index (χ2n) is 6.41. The predicted octanol–water partition coefficient (Wildman–Crippen LogP) is 3.81. The molecule has 0 aliphatic rings. The summed E-state index contributed by atoms with van der Waals surface area (Å²) in [5, 5.41) is 6.30. The van der Waals surface area contributed by atoms with Crippen LogP contribution in [0.3, 0.4) is 0 Å². The van der Waals surface area contributed by atoms with Crippen molar-refractivity contribution < 1.29 is 14.3 Å². The van der Waals surface area contributed by atoms with Crippen LogP contribution >= 0.6 is 11.6 Å². The highest BCUT2D eigenvalue weighted by molar-refractivity contribution is 6.30. The van der Waals surface area contributed by atoms with Crippen LogP contribution in [0.25, 0.3) is 0 Å². The molecule has 0 saturated heterocycles. The summed E-state index contributed by atoms with van der Waals surface area (Å²) in [5.41, 5.74) is 1.39. The summed E-state index contributed by atoms with van der Waals surface area (Å²) in [6, 6.07) is 13.4. The summed E-state index contributed by atoms with van der Waals surface area (Å²) in [6.07, 6.45) is 0.762. The Morgan fingerprint density at radius 3 is 2.48 bits per heavy atom. The zero-order valence-corrected chi connectivity index (χ0v) is 16.5. The van der Waals surface area contributed by atoms with Gasteiger partial charge in [0.1, 0.15) is 11.8 Å². The highest BCUT2D eigenvalue weighted by Gasteiger charge is 2.26. The molecule has 0 radical (unpaired) electrons. The first-order valence-corrected chi connectivity index (χ1v) is 9.29. The van der Waals surface area contributed by atoms with Crippen molar-refractivity contribution in [2.24, 2.45) is 5.92 Å². The van der Waals surface area contributed by atoms with E-state index in [0.29, 0.717) is 17.1 Å². The minimum atomic E-state index is -0.621. The molecule has 0 saturated carbocycles. The fourth-order valence-corrected chi connectivity index (χ4v) is 2.74. The summed E-state index contributed by atoms with van der Waals surface area (Å²) < 4.78 is 5.20. The molecule has 0 unspecified atom stereocenters. The Morgan fingerprint density at radius 2 is 1.85 bits per heavy atom. The Morgan fingerprint density at radius 1 is 1.15 bits per heavy atom. The van der Waals surface area contributed by atoms with Gasteiger partial charge in [-0.05, 0) is 47.9 Å². The Kier molecular flexibility index (Phi) is 7.67. The zero-order valence-electron chi connectivity index (χ0n) is 15.8. The molecule has 0 heterocycles. The average molecular weight is 389 g/mol. The highest BCUT2D eigenvalue weighted by atomic mass is 35.5. The molecule has 6 heteroatoms. The van der Waals surface area contributed by atoms with Crippen molar-refractivity contribution in [3.63, 3.8) is 0 Å². The molecule has 0 aromatic heterocycles. The fourth-order valence-electron chi connectivity index (χ4n) is 2.61. The van der Waals surface area contributed by atoms with E-state index in [1.165, 1.54) is 0 Å². The summed E-state index contributed by atoms with van der Waals surface area (Å²) >= 11 is 5.86. The summed E-state index contributed by atoms with van der Waals surface area (Å²) in [6.45, 7) is 4.29. The number of nitrogens with one attached hydrogen (secondary N) is 2. The smallest absolute Gasteiger partial charge is 0.251 e. The Bertz CT molecular complexity index is 777. The van der Waals surface area contributed by atoms with E-state index in [9.17, 15) is 9.59 Å². The summed E-state index contributed by atoms with van der Waals surface area (Å²) in [5.74, 6) is 0.214. The first-order chi connectivity index (χ1) is 12.9. The number of hydrogen-bond donors (Lipinski definition) is 2. The van der Waals surface area contributed by atoms with Crippen LogP contribution in [0.15, 0.2) is 48.5 Å². The molecule has 2 aromatic carbocycles.